The van der Waals surface area contributed by atoms with Crippen molar-refractivity contribution in [3.05, 3.63) is 53.7 Å². The maximum absolute atomic E-state index is 12.9. The summed E-state index contributed by atoms with van der Waals surface area (Å²) >= 11 is 0. The van der Waals surface area contributed by atoms with Crippen LogP contribution in [0.15, 0.2) is 47.5 Å². The summed E-state index contributed by atoms with van der Waals surface area (Å²) in [4.78, 5) is 5.93. The van der Waals surface area contributed by atoms with Crippen LogP contribution < -0.4 is 4.90 Å². The van der Waals surface area contributed by atoms with Crippen molar-refractivity contribution in [1.29, 1.82) is 0 Å². The summed E-state index contributed by atoms with van der Waals surface area (Å²) in [5.41, 5.74) is 0.299. The Hall–Kier alpha value is -2.13. The van der Waals surface area contributed by atoms with E-state index in [1.165, 1.54) is 10.4 Å². The molecule has 158 valence electrons. The molecule has 1 aliphatic rings. The predicted octanol–water partition coefficient (Wildman–Crippen LogP) is 4.12. The second-order valence-corrected chi connectivity index (χ2v) is 9.11. The molecule has 1 fully saturated rings. The quantitative estimate of drug-likeness (QED) is 0.720. The van der Waals surface area contributed by atoms with Gasteiger partial charge in [0, 0.05) is 32.4 Å². The minimum atomic E-state index is -4.43. The van der Waals surface area contributed by atoms with E-state index in [-0.39, 0.29) is 18.0 Å². The van der Waals surface area contributed by atoms with Crippen LogP contribution in [0.2, 0.25) is 0 Å². The monoisotopic (exact) mass is 427 g/mol. The zero-order chi connectivity index (χ0) is 21.2. The predicted molar refractivity (Wildman–Crippen MR) is 105 cm³/mol. The first-order valence-corrected chi connectivity index (χ1v) is 10.9. The minimum absolute atomic E-state index is 0.248. The van der Waals surface area contributed by atoms with Gasteiger partial charge in [-0.05, 0) is 42.2 Å². The fourth-order valence-corrected chi connectivity index (χ4v) is 4.67. The molecule has 0 radical (unpaired) electrons. The Balaban J connectivity index is 1.66. The van der Waals surface area contributed by atoms with Crippen molar-refractivity contribution < 1.29 is 21.6 Å². The third kappa shape index (κ3) is 4.72. The third-order valence-electron chi connectivity index (χ3n) is 5.34. The lowest BCUT2D eigenvalue weighted by molar-refractivity contribution is -0.137. The number of aromatic nitrogens is 1. The molecule has 29 heavy (non-hydrogen) atoms. The summed E-state index contributed by atoms with van der Waals surface area (Å²) in [6, 6.07) is 9.29. The fraction of sp³-hybridized carbons (Fsp3) is 0.450. The smallest absolute Gasteiger partial charge is 0.354 e. The van der Waals surface area contributed by atoms with E-state index in [2.05, 4.69) is 18.8 Å². The summed E-state index contributed by atoms with van der Waals surface area (Å²) in [5, 5.41) is 0. The van der Waals surface area contributed by atoms with Crippen LogP contribution in [-0.2, 0) is 16.2 Å². The summed E-state index contributed by atoms with van der Waals surface area (Å²) in [7, 11) is -3.61. The van der Waals surface area contributed by atoms with Crippen LogP contribution in [0.25, 0.3) is 0 Å². The molecule has 9 heteroatoms. The van der Waals surface area contributed by atoms with Crippen molar-refractivity contribution in [2.75, 3.05) is 31.1 Å². The molecule has 1 unspecified atom stereocenters. The Labute approximate surface area is 169 Å². The van der Waals surface area contributed by atoms with Gasteiger partial charge in [-0.1, -0.05) is 26.0 Å². The molecule has 2 heterocycles. The molecule has 0 saturated carbocycles. The molecule has 0 aliphatic carbocycles. The lowest BCUT2D eigenvalue weighted by Gasteiger charge is -2.34. The van der Waals surface area contributed by atoms with Crippen molar-refractivity contribution in [3.8, 4) is 0 Å². The minimum Gasteiger partial charge on any atom is -0.354 e. The first-order chi connectivity index (χ1) is 13.6. The average molecular weight is 427 g/mol. The molecule has 5 nitrogen and oxygen atoms in total. The summed E-state index contributed by atoms with van der Waals surface area (Å²) < 4.78 is 65.2. The molecule has 0 spiro atoms. The van der Waals surface area contributed by atoms with E-state index < -0.39 is 21.8 Å². The van der Waals surface area contributed by atoms with Crippen LogP contribution in [0.1, 0.15) is 37.3 Å². The largest absolute Gasteiger partial charge is 0.417 e. The van der Waals surface area contributed by atoms with E-state index in [9.17, 15) is 21.6 Å². The highest BCUT2D eigenvalue weighted by molar-refractivity contribution is 7.89. The Bertz CT molecular complexity index is 921. The molecule has 0 N–H and O–H groups in total. The first-order valence-electron chi connectivity index (χ1n) is 9.51. The number of sulfonamides is 1. The van der Waals surface area contributed by atoms with Crippen molar-refractivity contribution in [2.24, 2.45) is 0 Å². The zero-order valence-electron chi connectivity index (χ0n) is 16.4. The number of anilines is 1. The van der Waals surface area contributed by atoms with Crippen molar-refractivity contribution in [1.82, 2.24) is 9.29 Å². The second-order valence-electron chi connectivity index (χ2n) is 7.17. The molecule has 2 aromatic rings. The van der Waals surface area contributed by atoms with Gasteiger partial charge in [0.2, 0.25) is 10.0 Å². The maximum atomic E-state index is 12.9. The van der Waals surface area contributed by atoms with E-state index in [1.807, 2.05) is 12.1 Å². The number of alkyl halides is 3. The number of hydrogen-bond acceptors (Lipinski definition) is 4. The van der Waals surface area contributed by atoms with E-state index in [4.69, 9.17) is 0 Å². The average Bonchev–Trinajstić information content (AvgIpc) is 2.73. The fourth-order valence-electron chi connectivity index (χ4n) is 3.25. The van der Waals surface area contributed by atoms with E-state index >= 15 is 0 Å². The second kappa shape index (κ2) is 8.31. The molecule has 3 rings (SSSR count). The van der Waals surface area contributed by atoms with Crippen molar-refractivity contribution in [2.45, 2.75) is 37.3 Å². The van der Waals surface area contributed by atoms with Crippen LogP contribution in [0.3, 0.4) is 0 Å². The highest BCUT2D eigenvalue weighted by atomic mass is 32.2. The number of benzene rings is 1. The standard InChI is InChI=1S/C20H24F3N3O2S/c1-3-15(2)16-4-7-18(8-5-16)29(27,28)26-12-10-25(11-13-26)19-9-6-17(14-24-19)20(21,22)23/h4-9,14-15H,3,10-13H2,1-2H3. The third-order valence-corrected chi connectivity index (χ3v) is 7.25. The Morgan fingerprint density at radius 1 is 1.03 bits per heavy atom. The van der Waals surface area contributed by atoms with Crippen molar-refractivity contribution in [3.63, 3.8) is 0 Å². The SMILES string of the molecule is CCC(C)c1ccc(S(=O)(=O)N2CCN(c3ccc(C(F)(F)F)cn3)CC2)cc1. The summed E-state index contributed by atoms with van der Waals surface area (Å²) in [6.07, 6.45) is -2.65. The number of halogens is 3. The molecule has 1 aliphatic heterocycles. The van der Waals surface area contributed by atoms with Crippen molar-refractivity contribution >= 4 is 15.8 Å². The molecule has 1 saturated heterocycles. The summed E-state index contributed by atoms with van der Waals surface area (Å²) in [5.74, 6) is 0.777. The lowest BCUT2D eigenvalue weighted by atomic mass is 9.99. The number of pyridine rings is 1. The van der Waals surface area contributed by atoms with Crippen LogP contribution in [0, 0.1) is 0 Å². The lowest BCUT2D eigenvalue weighted by Crippen LogP contribution is -2.48. The van der Waals surface area contributed by atoms with Gasteiger partial charge in [-0.3, -0.25) is 0 Å². The topological polar surface area (TPSA) is 53.5 Å². The van der Waals surface area contributed by atoms with E-state index in [1.54, 1.807) is 17.0 Å². The normalized spacial score (nSPS) is 17.3. The van der Waals surface area contributed by atoms with Gasteiger partial charge in [0.15, 0.2) is 0 Å². The number of rotatable bonds is 5. The van der Waals surface area contributed by atoms with Gasteiger partial charge in [0.1, 0.15) is 5.82 Å². The molecule has 0 bridgehead atoms. The highest BCUT2D eigenvalue weighted by Gasteiger charge is 2.32. The van der Waals surface area contributed by atoms with Gasteiger partial charge in [-0.25, -0.2) is 13.4 Å². The molecule has 0 amide bonds. The van der Waals surface area contributed by atoms with Gasteiger partial charge in [-0.2, -0.15) is 17.5 Å². The van der Waals surface area contributed by atoms with E-state index in [0.29, 0.717) is 24.8 Å². The molecular formula is C20H24F3N3O2S. The van der Waals surface area contributed by atoms with Crippen LogP contribution >= 0.6 is 0 Å². The molecular weight excluding hydrogens is 403 g/mol. The Morgan fingerprint density at radius 3 is 2.14 bits per heavy atom. The van der Waals surface area contributed by atoms with Crippen LogP contribution in [0.4, 0.5) is 19.0 Å². The molecule has 1 aromatic heterocycles. The van der Waals surface area contributed by atoms with Crippen LogP contribution in [0.5, 0.6) is 0 Å². The Kier molecular flexibility index (Phi) is 6.19. The zero-order valence-corrected chi connectivity index (χ0v) is 17.2. The number of nitrogens with zero attached hydrogens (tertiary/aromatic N) is 3. The van der Waals surface area contributed by atoms with Gasteiger partial charge in [0.25, 0.3) is 0 Å². The van der Waals surface area contributed by atoms with Gasteiger partial charge >= 0.3 is 6.18 Å². The van der Waals surface area contributed by atoms with Gasteiger partial charge in [0.05, 0.1) is 10.5 Å². The first kappa shape index (κ1) is 21.6. The Morgan fingerprint density at radius 2 is 1.66 bits per heavy atom. The maximum Gasteiger partial charge on any atom is 0.417 e. The van der Waals surface area contributed by atoms with E-state index in [0.717, 1.165) is 24.2 Å². The van der Waals surface area contributed by atoms with Gasteiger partial charge < -0.3 is 4.90 Å². The molecule has 1 aromatic carbocycles. The number of piperazine rings is 1. The summed E-state index contributed by atoms with van der Waals surface area (Å²) in [6.45, 7) is 5.40. The molecule has 1 atom stereocenters. The van der Waals surface area contributed by atoms with Gasteiger partial charge in [-0.15, -0.1) is 0 Å². The number of hydrogen-bond donors (Lipinski definition) is 0. The highest BCUT2D eigenvalue weighted by Crippen LogP contribution is 2.30. The van der Waals surface area contributed by atoms with Crippen LogP contribution in [-0.4, -0.2) is 43.9 Å².